The molecule has 0 aromatic carbocycles. The van der Waals surface area contributed by atoms with E-state index in [1.54, 1.807) is 17.0 Å². The summed E-state index contributed by atoms with van der Waals surface area (Å²) in [5.74, 6) is 1.22. The third-order valence-electron chi connectivity index (χ3n) is 5.56. The molecule has 0 unspecified atom stereocenters. The van der Waals surface area contributed by atoms with Crippen LogP contribution in [0.4, 0.5) is 0 Å². The number of rotatable bonds is 3. The van der Waals surface area contributed by atoms with Crippen LogP contribution in [0.3, 0.4) is 0 Å². The largest absolute Gasteiger partial charge is 0.472 e. The smallest absolute Gasteiger partial charge is 0.276 e. The van der Waals surface area contributed by atoms with E-state index < -0.39 is 0 Å². The Morgan fingerprint density at radius 2 is 1.96 bits per heavy atom. The second kappa shape index (κ2) is 5.21. The molecule has 0 N–H and O–H groups in total. The molecule has 3 fully saturated rings. The van der Waals surface area contributed by atoms with Gasteiger partial charge < -0.3 is 18.7 Å². The normalized spacial score (nSPS) is 21.6. The van der Waals surface area contributed by atoms with E-state index >= 15 is 0 Å². The molecule has 2 amide bonds. The van der Waals surface area contributed by atoms with E-state index in [0.29, 0.717) is 36.8 Å². The average Bonchev–Trinajstić information content (AvgIpc) is 3.05. The molecule has 1 spiro atoms. The number of nitrogens with zero attached hydrogens (tertiary/aromatic N) is 3. The van der Waals surface area contributed by atoms with Gasteiger partial charge in [0.25, 0.3) is 11.8 Å². The summed E-state index contributed by atoms with van der Waals surface area (Å²) in [7, 11) is 0. The second-order valence-corrected chi connectivity index (χ2v) is 7.54. The lowest BCUT2D eigenvalue weighted by atomic mass is 9.79. The predicted octanol–water partition coefficient (Wildman–Crippen LogP) is 2.13. The fourth-order valence-electron chi connectivity index (χ4n) is 3.95. The summed E-state index contributed by atoms with van der Waals surface area (Å²) in [5, 5.41) is 3.93. The van der Waals surface area contributed by atoms with E-state index in [0.717, 1.165) is 31.6 Å². The number of likely N-dealkylation sites (tertiary alicyclic amines) is 2. The van der Waals surface area contributed by atoms with Gasteiger partial charge in [0.1, 0.15) is 12.0 Å². The van der Waals surface area contributed by atoms with Crippen LogP contribution in [0, 0.1) is 5.41 Å². The lowest BCUT2D eigenvalue weighted by Gasteiger charge is -2.47. The van der Waals surface area contributed by atoms with Gasteiger partial charge in [-0.15, -0.1) is 0 Å². The summed E-state index contributed by atoms with van der Waals surface area (Å²) in [6.45, 7) is 2.76. The lowest BCUT2D eigenvalue weighted by molar-refractivity contribution is 0.0103. The molecule has 0 bridgehead atoms. The lowest BCUT2D eigenvalue weighted by Crippen LogP contribution is -2.59. The molecular weight excluding hydrogens is 322 g/mol. The van der Waals surface area contributed by atoms with E-state index in [-0.39, 0.29) is 17.2 Å². The first-order valence-corrected chi connectivity index (χ1v) is 8.71. The zero-order valence-corrected chi connectivity index (χ0v) is 13.8. The van der Waals surface area contributed by atoms with Crippen molar-refractivity contribution in [2.45, 2.75) is 25.2 Å². The summed E-state index contributed by atoms with van der Waals surface area (Å²) >= 11 is 0. The highest BCUT2D eigenvalue weighted by Crippen LogP contribution is 2.42. The Morgan fingerprint density at radius 3 is 2.68 bits per heavy atom. The number of furan rings is 1. The Balaban J connectivity index is 1.21. The zero-order chi connectivity index (χ0) is 17.0. The molecule has 2 saturated heterocycles. The van der Waals surface area contributed by atoms with Crippen molar-refractivity contribution in [1.29, 1.82) is 0 Å². The van der Waals surface area contributed by atoms with Crippen molar-refractivity contribution in [3.63, 3.8) is 0 Å². The van der Waals surface area contributed by atoms with Gasteiger partial charge in [-0.25, -0.2) is 0 Å². The van der Waals surface area contributed by atoms with E-state index in [4.69, 9.17) is 8.94 Å². The van der Waals surface area contributed by atoms with Gasteiger partial charge in [0.05, 0.1) is 11.8 Å². The Hall–Kier alpha value is -2.57. The third kappa shape index (κ3) is 2.45. The van der Waals surface area contributed by atoms with E-state index in [1.165, 1.54) is 12.5 Å². The maximum atomic E-state index is 12.5. The van der Waals surface area contributed by atoms with E-state index in [2.05, 4.69) is 5.16 Å². The summed E-state index contributed by atoms with van der Waals surface area (Å²) < 4.78 is 10.3. The molecule has 0 atom stereocenters. The Morgan fingerprint density at radius 1 is 1.16 bits per heavy atom. The highest BCUT2D eigenvalue weighted by atomic mass is 16.5. The van der Waals surface area contributed by atoms with Crippen molar-refractivity contribution < 1.29 is 18.5 Å². The van der Waals surface area contributed by atoms with Crippen LogP contribution < -0.4 is 0 Å². The van der Waals surface area contributed by atoms with Gasteiger partial charge in [-0.05, 0) is 25.3 Å². The molecule has 5 rings (SSSR count). The van der Waals surface area contributed by atoms with Gasteiger partial charge in [0.15, 0.2) is 5.69 Å². The molecule has 2 aromatic rings. The average molecular weight is 341 g/mol. The van der Waals surface area contributed by atoms with Crippen molar-refractivity contribution in [2.24, 2.45) is 5.41 Å². The maximum Gasteiger partial charge on any atom is 0.276 e. The van der Waals surface area contributed by atoms with Crippen molar-refractivity contribution in [2.75, 3.05) is 26.2 Å². The summed E-state index contributed by atoms with van der Waals surface area (Å²) in [5.41, 5.74) is 1.01. The van der Waals surface area contributed by atoms with Gasteiger partial charge in [-0.2, -0.15) is 0 Å². The first kappa shape index (κ1) is 14.7. The highest BCUT2D eigenvalue weighted by Gasteiger charge is 2.50. The van der Waals surface area contributed by atoms with Crippen molar-refractivity contribution in [1.82, 2.24) is 15.0 Å². The fraction of sp³-hybridized carbons (Fsp3) is 0.500. The molecule has 2 aromatic heterocycles. The fourth-order valence-corrected chi connectivity index (χ4v) is 3.95. The van der Waals surface area contributed by atoms with Crippen LogP contribution in [0.1, 0.15) is 51.8 Å². The van der Waals surface area contributed by atoms with Crippen molar-refractivity contribution in [3.05, 3.63) is 41.7 Å². The van der Waals surface area contributed by atoms with Crippen LogP contribution in [0.25, 0.3) is 0 Å². The minimum absolute atomic E-state index is 0.000906. The molecule has 0 radical (unpaired) electrons. The van der Waals surface area contributed by atoms with Gasteiger partial charge >= 0.3 is 0 Å². The number of hydrogen-bond acceptors (Lipinski definition) is 5. The minimum atomic E-state index is -0.0686. The number of hydrogen-bond donors (Lipinski definition) is 0. The van der Waals surface area contributed by atoms with Crippen LogP contribution in [0.2, 0.25) is 0 Å². The topological polar surface area (TPSA) is 79.8 Å². The number of aromatic nitrogens is 1. The Kier molecular flexibility index (Phi) is 3.07. The first-order valence-electron chi connectivity index (χ1n) is 8.71. The van der Waals surface area contributed by atoms with Gasteiger partial charge in [-0.3, -0.25) is 9.59 Å². The predicted molar refractivity (Wildman–Crippen MR) is 86.0 cm³/mol. The molecule has 4 heterocycles. The third-order valence-corrected chi connectivity index (χ3v) is 5.56. The molecule has 1 saturated carbocycles. The minimum Gasteiger partial charge on any atom is -0.472 e. The van der Waals surface area contributed by atoms with Crippen LogP contribution >= 0.6 is 0 Å². The van der Waals surface area contributed by atoms with Gasteiger partial charge in [0.2, 0.25) is 0 Å². The zero-order valence-electron chi connectivity index (χ0n) is 13.8. The first-order chi connectivity index (χ1) is 12.1. The summed E-state index contributed by atoms with van der Waals surface area (Å²) in [6, 6.07) is 3.47. The molecule has 7 nitrogen and oxygen atoms in total. The quantitative estimate of drug-likeness (QED) is 0.854. The number of carbonyl (C=O) groups is 2. The van der Waals surface area contributed by atoms with Gasteiger partial charge in [0, 0.05) is 43.6 Å². The van der Waals surface area contributed by atoms with Crippen LogP contribution in [0.15, 0.2) is 33.6 Å². The SMILES string of the molecule is O=C(c1ccoc1)N1CCC2(C1)CN(C(=O)c1cc(C3CC3)on1)C2. The molecule has 7 heteroatoms. The standard InChI is InChI=1S/C18H19N3O4/c22-16(13-3-6-24-8-13)20-5-4-18(9-20)10-21(11-18)17(23)14-7-15(25-19-14)12-1-2-12/h3,6-8,12H,1-2,4-5,9-11H2. The molecule has 2 aliphatic heterocycles. The molecule has 25 heavy (non-hydrogen) atoms. The van der Waals surface area contributed by atoms with Crippen LogP contribution in [-0.4, -0.2) is 52.9 Å². The van der Waals surface area contributed by atoms with E-state index in [9.17, 15) is 9.59 Å². The Bertz CT molecular complexity index is 815. The highest BCUT2D eigenvalue weighted by molar-refractivity contribution is 5.94. The molecule has 1 aliphatic carbocycles. The number of carbonyl (C=O) groups excluding carboxylic acids is 2. The van der Waals surface area contributed by atoms with Crippen LogP contribution in [0.5, 0.6) is 0 Å². The number of amides is 2. The van der Waals surface area contributed by atoms with Crippen molar-refractivity contribution in [3.8, 4) is 0 Å². The molecular formula is C18H19N3O4. The second-order valence-electron chi connectivity index (χ2n) is 7.54. The van der Waals surface area contributed by atoms with Gasteiger partial charge in [-0.1, -0.05) is 5.16 Å². The van der Waals surface area contributed by atoms with Crippen molar-refractivity contribution >= 4 is 11.8 Å². The van der Waals surface area contributed by atoms with Crippen LogP contribution in [-0.2, 0) is 0 Å². The molecule has 3 aliphatic rings. The molecule has 130 valence electrons. The van der Waals surface area contributed by atoms with E-state index in [1.807, 2.05) is 4.90 Å². The maximum absolute atomic E-state index is 12.5. The monoisotopic (exact) mass is 341 g/mol. The Labute approximate surface area is 144 Å². The summed E-state index contributed by atoms with van der Waals surface area (Å²) in [6.07, 6.45) is 6.15. The summed E-state index contributed by atoms with van der Waals surface area (Å²) in [4.78, 5) is 28.6.